The average molecular weight is 324 g/mol. The molecule has 2 rings (SSSR count). The minimum absolute atomic E-state index is 0.0321. The number of anilines is 1. The number of halogens is 2. The zero-order chi connectivity index (χ0) is 17.1. The van der Waals surface area contributed by atoms with Crippen molar-refractivity contribution in [3.05, 3.63) is 58.1 Å². The fourth-order valence-electron chi connectivity index (χ4n) is 1.77. The molecule has 0 radical (unpaired) electrons. The Morgan fingerprint density at radius 1 is 1.17 bits per heavy atom. The molecule has 2 aromatic rings. The van der Waals surface area contributed by atoms with Gasteiger partial charge in [0.15, 0.2) is 11.6 Å². The van der Waals surface area contributed by atoms with E-state index < -0.39 is 28.3 Å². The summed E-state index contributed by atoms with van der Waals surface area (Å²) in [5, 5.41) is 19.9. The highest BCUT2D eigenvalue weighted by Crippen LogP contribution is 2.33. The van der Waals surface area contributed by atoms with E-state index in [1.807, 2.05) is 0 Å². The van der Waals surface area contributed by atoms with Crippen molar-refractivity contribution in [3.63, 3.8) is 0 Å². The zero-order valence-electron chi connectivity index (χ0n) is 11.7. The van der Waals surface area contributed by atoms with Gasteiger partial charge >= 0.3 is 6.09 Å². The molecule has 9 heteroatoms. The molecule has 0 aromatic heterocycles. The Morgan fingerprint density at radius 2 is 1.78 bits per heavy atom. The fraction of sp³-hybridized carbons (Fsp3) is 0.0714. The lowest BCUT2D eigenvalue weighted by atomic mass is 10.2. The van der Waals surface area contributed by atoms with Gasteiger partial charge in [-0.15, -0.1) is 0 Å². The van der Waals surface area contributed by atoms with Gasteiger partial charge in [0.2, 0.25) is 0 Å². The van der Waals surface area contributed by atoms with Crippen LogP contribution in [0.4, 0.5) is 25.0 Å². The van der Waals surface area contributed by atoms with Crippen molar-refractivity contribution >= 4 is 17.5 Å². The van der Waals surface area contributed by atoms with E-state index in [0.29, 0.717) is 4.90 Å². The molecule has 0 saturated heterocycles. The van der Waals surface area contributed by atoms with Crippen LogP contribution in [-0.4, -0.2) is 23.2 Å². The largest absolute Gasteiger partial charge is 0.465 e. The highest BCUT2D eigenvalue weighted by molar-refractivity contribution is 5.89. The molecule has 0 unspecified atom stereocenters. The molecule has 0 spiro atoms. The Hall–Kier alpha value is -3.23. The van der Waals surface area contributed by atoms with Gasteiger partial charge in [-0.1, -0.05) is 0 Å². The molecule has 120 valence electrons. The Kier molecular flexibility index (Phi) is 4.39. The van der Waals surface area contributed by atoms with E-state index in [2.05, 4.69) is 0 Å². The maximum Gasteiger partial charge on any atom is 0.411 e. The number of nitrogens with zero attached hydrogens (tertiary/aromatic N) is 2. The minimum Gasteiger partial charge on any atom is -0.465 e. The lowest BCUT2D eigenvalue weighted by Crippen LogP contribution is -2.24. The van der Waals surface area contributed by atoms with E-state index in [9.17, 15) is 23.7 Å². The second kappa shape index (κ2) is 6.26. The summed E-state index contributed by atoms with van der Waals surface area (Å²) in [6.07, 6.45) is -1.40. The maximum atomic E-state index is 13.1. The first kappa shape index (κ1) is 16.1. The predicted octanol–water partition coefficient (Wildman–Crippen LogP) is 3.78. The molecule has 0 aliphatic heterocycles. The Labute approximate surface area is 128 Å². The highest BCUT2D eigenvalue weighted by Gasteiger charge is 2.22. The Bertz CT molecular complexity index is 782. The van der Waals surface area contributed by atoms with Gasteiger partial charge in [0, 0.05) is 25.2 Å². The first-order valence-corrected chi connectivity index (χ1v) is 6.17. The average Bonchev–Trinajstić information content (AvgIpc) is 2.49. The highest BCUT2D eigenvalue weighted by atomic mass is 19.2. The van der Waals surface area contributed by atoms with Gasteiger partial charge in [-0.3, -0.25) is 15.0 Å². The van der Waals surface area contributed by atoms with E-state index >= 15 is 0 Å². The fourth-order valence-corrected chi connectivity index (χ4v) is 1.77. The van der Waals surface area contributed by atoms with Crippen LogP contribution in [0.1, 0.15) is 0 Å². The van der Waals surface area contributed by atoms with E-state index in [4.69, 9.17) is 9.84 Å². The topological polar surface area (TPSA) is 92.9 Å². The first-order valence-electron chi connectivity index (χ1n) is 6.17. The number of carboxylic acid groups (broad SMARTS) is 1. The number of nitro groups is 1. The molecule has 1 N–H and O–H groups in total. The molecule has 1 amide bonds. The number of nitro benzene ring substituents is 1. The summed E-state index contributed by atoms with van der Waals surface area (Å²) in [5.41, 5.74) is -0.657. The summed E-state index contributed by atoms with van der Waals surface area (Å²) < 4.78 is 31.3. The number of hydrogen-bond acceptors (Lipinski definition) is 4. The van der Waals surface area contributed by atoms with Crippen LogP contribution in [0.3, 0.4) is 0 Å². The number of benzene rings is 2. The van der Waals surface area contributed by atoms with E-state index in [1.54, 1.807) is 0 Å². The third kappa shape index (κ3) is 3.51. The molecule has 0 aliphatic carbocycles. The van der Waals surface area contributed by atoms with Gasteiger partial charge < -0.3 is 9.84 Å². The van der Waals surface area contributed by atoms with Crippen LogP contribution in [0, 0.1) is 21.7 Å². The monoisotopic (exact) mass is 324 g/mol. The third-order valence-electron chi connectivity index (χ3n) is 2.92. The van der Waals surface area contributed by atoms with Gasteiger partial charge in [-0.25, -0.2) is 13.6 Å². The number of carbonyl (C=O) groups is 1. The third-order valence-corrected chi connectivity index (χ3v) is 2.92. The number of amides is 1. The molecule has 23 heavy (non-hydrogen) atoms. The van der Waals surface area contributed by atoms with Crippen LogP contribution in [0.25, 0.3) is 0 Å². The molecule has 0 heterocycles. The van der Waals surface area contributed by atoms with Crippen LogP contribution in [-0.2, 0) is 0 Å². The standard InChI is InChI=1S/C14H10F2N2O5/c1-17(14(19)20)13-7-9(3-5-12(13)18(21)22)23-8-2-4-10(15)11(16)6-8/h2-7H,1H3,(H,19,20). The predicted molar refractivity (Wildman–Crippen MR) is 76.0 cm³/mol. The second-order valence-corrected chi connectivity index (χ2v) is 4.43. The normalized spacial score (nSPS) is 10.2. The summed E-state index contributed by atoms with van der Waals surface area (Å²) in [7, 11) is 1.13. The maximum absolute atomic E-state index is 13.1. The number of hydrogen-bond donors (Lipinski definition) is 1. The minimum atomic E-state index is -1.40. The zero-order valence-corrected chi connectivity index (χ0v) is 11.7. The van der Waals surface area contributed by atoms with Crippen LogP contribution < -0.4 is 9.64 Å². The van der Waals surface area contributed by atoms with Crippen molar-refractivity contribution in [2.75, 3.05) is 11.9 Å². The number of ether oxygens (including phenoxy) is 1. The van der Waals surface area contributed by atoms with Gasteiger partial charge in [-0.2, -0.15) is 0 Å². The van der Waals surface area contributed by atoms with Gasteiger partial charge in [-0.05, 0) is 18.2 Å². The van der Waals surface area contributed by atoms with E-state index in [-0.39, 0.29) is 17.2 Å². The van der Waals surface area contributed by atoms with Crippen molar-refractivity contribution in [2.45, 2.75) is 0 Å². The van der Waals surface area contributed by atoms with E-state index in [0.717, 1.165) is 31.3 Å². The van der Waals surface area contributed by atoms with Crippen molar-refractivity contribution in [2.24, 2.45) is 0 Å². The van der Waals surface area contributed by atoms with Crippen molar-refractivity contribution < 1.29 is 28.3 Å². The number of rotatable bonds is 4. The van der Waals surface area contributed by atoms with Crippen molar-refractivity contribution in [1.29, 1.82) is 0 Å². The summed E-state index contributed by atoms with van der Waals surface area (Å²) in [6, 6.07) is 6.23. The molecular formula is C14H10F2N2O5. The quantitative estimate of drug-likeness (QED) is 0.682. The first-order chi connectivity index (χ1) is 10.8. The van der Waals surface area contributed by atoms with Crippen molar-refractivity contribution in [3.8, 4) is 11.5 Å². The molecule has 0 atom stereocenters. The smallest absolute Gasteiger partial charge is 0.411 e. The molecule has 0 saturated carbocycles. The molecule has 0 bridgehead atoms. The van der Waals surface area contributed by atoms with Crippen LogP contribution in [0.2, 0.25) is 0 Å². The van der Waals surface area contributed by atoms with E-state index in [1.165, 1.54) is 12.1 Å². The molecular weight excluding hydrogens is 314 g/mol. The van der Waals surface area contributed by atoms with Crippen LogP contribution in [0.15, 0.2) is 36.4 Å². The lowest BCUT2D eigenvalue weighted by Gasteiger charge is -2.14. The van der Waals surface area contributed by atoms with Crippen LogP contribution >= 0.6 is 0 Å². The molecule has 7 nitrogen and oxygen atoms in total. The van der Waals surface area contributed by atoms with Gasteiger partial charge in [0.1, 0.15) is 17.2 Å². The Balaban J connectivity index is 2.40. The lowest BCUT2D eigenvalue weighted by molar-refractivity contribution is -0.384. The molecule has 0 fully saturated rings. The summed E-state index contributed by atoms with van der Waals surface area (Å²) in [5.74, 6) is -2.17. The summed E-state index contributed by atoms with van der Waals surface area (Å²) >= 11 is 0. The second-order valence-electron chi connectivity index (χ2n) is 4.43. The van der Waals surface area contributed by atoms with Gasteiger partial charge in [0.05, 0.1) is 4.92 Å². The summed E-state index contributed by atoms with van der Waals surface area (Å²) in [6.45, 7) is 0. The molecule has 0 aliphatic rings. The van der Waals surface area contributed by atoms with Gasteiger partial charge in [0.25, 0.3) is 5.69 Å². The summed E-state index contributed by atoms with van der Waals surface area (Å²) in [4.78, 5) is 21.9. The molecule has 2 aromatic carbocycles. The SMILES string of the molecule is CN(C(=O)O)c1cc(Oc2ccc(F)c(F)c2)ccc1[N+](=O)[O-]. The van der Waals surface area contributed by atoms with Crippen LogP contribution in [0.5, 0.6) is 11.5 Å². The Morgan fingerprint density at radius 3 is 2.35 bits per heavy atom. The van der Waals surface area contributed by atoms with Crippen molar-refractivity contribution in [1.82, 2.24) is 0 Å².